The minimum atomic E-state index is -1.43. The van der Waals surface area contributed by atoms with E-state index in [1.165, 1.54) is 18.2 Å². The molecule has 0 saturated carbocycles. The fourth-order valence-corrected chi connectivity index (χ4v) is 2.60. The zero-order valence-corrected chi connectivity index (χ0v) is 14.1. The van der Waals surface area contributed by atoms with Crippen molar-refractivity contribution in [3.8, 4) is 17.2 Å². The third-order valence-electron chi connectivity index (χ3n) is 3.75. The lowest BCUT2D eigenvalue weighted by molar-refractivity contribution is 0.144. The van der Waals surface area contributed by atoms with Crippen molar-refractivity contribution in [3.05, 3.63) is 58.1 Å². The molecule has 8 heteroatoms. The van der Waals surface area contributed by atoms with Crippen LogP contribution in [0.4, 0.5) is 4.79 Å². The van der Waals surface area contributed by atoms with E-state index in [4.69, 9.17) is 14.6 Å². The van der Waals surface area contributed by atoms with Gasteiger partial charge in [0.1, 0.15) is 11.6 Å². The summed E-state index contributed by atoms with van der Waals surface area (Å²) in [5.74, 6) is 1.71. The molecule has 0 aliphatic carbocycles. The SMILES string of the molecule is COc1ccc(Cc2nc3cc(OC(=O)O)ccc3c(=O)[nH]2)cc1OC. The number of ether oxygens (including phenoxy) is 3. The molecule has 0 radical (unpaired) electrons. The van der Waals surface area contributed by atoms with E-state index in [1.54, 1.807) is 26.4 Å². The lowest BCUT2D eigenvalue weighted by Gasteiger charge is -2.10. The highest BCUT2D eigenvalue weighted by molar-refractivity contribution is 5.79. The van der Waals surface area contributed by atoms with E-state index in [1.807, 2.05) is 6.07 Å². The largest absolute Gasteiger partial charge is 0.511 e. The Morgan fingerprint density at radius 1 is 1.12 bits per heavy atom. The Morgan fingerprint density at radius 3 is 2.58 bits per heavy atom. The number of fused-ring (bicyclic) bond motifs is 1. The van der Waals surface area contributed by atoms with Crippen molar-refractivity contribution in [2.45, 2.75) is 6.42 Å². The van der Waals surface area contributed by atoms with E-state index in [0.717, 1.165) is 5.56 Å². The van der Waals surface area contributed by atoms with Crippen LogP contribution in [0.3, 0.4) is 0 Å². The maximum absolute atomic E-state index is 12.2. The highest BCUT2D eigenvalue weighted by atomic mass is 16.7. The Hall–Kier alpha value is -3.55. The van der Waals surface area contributed by atoms with Crippen LogP contribution in [0.15, 0.2) is 41.2 Å². The molecule has 0 saturated heterocycles. The van der Waals surface area contributed by atoms with Crippen molar-refractivity contribution in [2.75, 3.05) is 14.2 Å². The molecule has 3 rings (SSSR count). The lowest BCUT2D eigenvalue weighted by Crippen LogP contribution is -2.12. The summed E-state index contributed by atoms with van der Waals surface area (Å²) in [5.41, 5.74) is 0.901. The van der Waals surface area contributed by atoms with E-state index >= 15 is 0 Å². The second-order valence-corrected chi connectivity index (χ2v) is 5.43. The molecule has 0 spiro atoms. The normalized spacial score (nSPS) is 10.5. The molecule has 1 aromatic heterocycles. The summed E-state index contributed by atoms with van der Waals surface area (Å²) in [6, 6.07) is 9.70. The summed E-state index contributed by atoms with van der Waals surface area (Å²) in [5, 5.41) is 9.05. The second kappa shape index (κ2) is 7.14. The molecule has 0 unspecified atom stereocenters. The number of nitrogens with zero attached hydrogens (tertiary/aromatic N) is 1. The van der Waals surface area contributed by atoms with Crippen molar-refractivity contribution >= 4 is 17.1 Å². The number of carbonyl (C=O) groups is 1. The number of carboxylic acid groups (broad SMARTS) is 1. The quantitative estimate of drug-likeness (QED) is 0.534. The first-order chi connectivity index (χ1) is 12.5. The maximum atomic E-state index is 12.2. The van der Waals surface area contributed by atoms with Crippen LogP contribution in [0.2, 0.25) is 0 Å². The molecule has 3 aromatic rings. The summed E-state index contributed by atoms with van der Waals surface area (Å²) in [7, 11) is 3.10. The Bertz CT molecular complexity index is 1030. The fourth-order valence-electron chi connectivity index (χ4n) is 2.60. The van der Waals surface area contributed by atoms with Gasteiger partial charge in [-0.25, -0.2) is 9.78 Å². The van der Waals surface area contributed by atoms with Crippen LogP contribution < -0.4 is 19.8 Å². The van der Waals surface area contributed by atoms with E-state index in [0.29, 0.717) is 34.6 Å². The molecular formula is C18H16N2O6. The molecule has 134 valence electrons. The predicted molar refractivity (Wildman–Crippen MR) is 93.4 cm³/mol. The van der Waals surface area contributed by atoms with Gasteiger partial charge in [-0.2, -0.15) is 0 Å². The number of nitrogens with one attached hydrogen (secondary N) is 1. The summed E-state index contributed by atoms with van der Waals surface area (Å²) < 4.78 is 15.1. The first-order valence-corrected chi connectivity index (χ1v) is 7.65. The molecule has 0 fully saturated rings. The first-order valence-electron chi connectivity index (χ1n) is 7.65. The van der Waals surface area contributed by atoms with Crippen LogP contribution in [0.1, 0.15) is 11.4 Å². The Morgan fingerprint density at radius 2 is 1.88 bits per heavy atom. The van der Waals surface area contributed by atoms with Gasteiger partial charge in [0.15, 0.2) is 11.5 Å². The highest BCUT2D eigenvalue weighted by Crippen LogP contribution is 2.28. The number of benzene rings is 2. The van der Waals surface area contributed by atoms with Crippen LogP contribution >= 0.6 is 0 Å². The van der Waals surface area contributed by atoms with Gasteiger partial charge in [0.2, 0.25) is 0 Å². The Labute approximate surface area is 148 Å². The van der Waals surface area contributed by atoms with Crippen LogP contribution in [0, 0.1) is 0 Å². The third-order valence-corrected chi connectivity index (χ3v) is 3.75. The Kier molecular flexibility index (Phi) is 4.74. The van der Waals surface area contributed by atoms with E-state index in [2.05, 4.69) is 14.7 Å². The number of hydrogen-bond donors (Lipinski definition) is 2. The Balaban J connectivity index is 1.97. The third kappa shape index (κ3) is 3.59. The molecule has 2 aromatic carbocycles. The van der Waals surface area contributed by atoms with Gasteiger partial charge < -0.3 is 24.3 Å². The number of aromatic nitrogens is 2. The van der Waals surface area contributed by atoms with Crippen LogP contribution in [-0.2, 0) is 6.42 Å². The molecule has 0 aliphatic heterocycles. The van der Waals surface area contributed by atoms with E-state index in [-0.39, 0.29) is 11.3 Å². The number of H-pyrrole nitrogens is 1. The topological polar surface area (TPSA) is 111 Å². The van der Waals surface area contributed by atoms with Gasteiger partial charge in [-0.1, -0.05) is 6.07 Å². The van der Waals surface area contributed by atoms with Crippen molar-refractivity contribution in [3.63, 3.8) is 0 Å². The predicted octanol–water partition coefficient (Wildman–Crippen LogP) is 2.59. The van der Waals surface area contributed by atoms with Gasteiger partial charge in [0.05, 0.1) is 25.1 Å². The van der Waals surface area contributed by atoms with E-state index in [9.17, 15) is 9.59 Å². The van der Waals surface area contributed by atoms with Crippen molar-refractivity contribution in [1.82, 2.24) is 9.97 Å². The molecule has 1 heterocycles. The summed E-state index contributed by atoms with van der Waals surface area (Å²) >= 11 is 0. The molecule has 8 nitrogen and oxygen atoms in total. The molecule has 0 aliphatic rings. The highest BCUT2D eigenvalue weighted by Gasteiger charge is 2.10. The van der Waals surface area contributed by atoms with Crippen LogP contribution in [0.25, 0.3) is 10.9 Å². The van der Waals surface area contributed by atoms with Crippen LogP contribution in [-0.4, -0.2) is 35.4 Å². The molecule has 0 bridgehead atoms. The fraction of sp³-hybridized carbons (Fsp3) is 0.167. The van der Waals surface area contributed by atoms with Gasteiger partial charge >= 0.3 is 6.16 Å². The molecule has 26 heavy (non-hydrogen) atoms. The van der Waals surface area contributed by atoms with Crippen molar-refractivity contribution in [1.29, 1.82) is 0 Å². The number of aromatic amines is 1. The van der Waals surface area contributed by atoms with Crippen LogP contribution in [0.5, 0.6) is 17.2 Å². The zero-order chi connectivity index (χ0) is 18.7. The van der Waals surface area contributed by atoms with Crippen molar-refractivity contribution in [2.24, 2.45) is 0 Å². The smallest absolute Gasteiger partial charge is 0.493 e. The minimum absolute atomic E-state index is 0.0974. The van der Waals surface area contributed by atoms with Gasteiger partial charge in [0, 0.05) is 12.5 Å². The average molecular weight is 356 g/mol. The summed E-state index contributed by atoms with van der Waals surface area (Å²) in [6.45, 7) is 0. The van der Waals surface area contributed by atoms with E-state index < -0.39 is 6.16 Å². The van der Waals surface area contributed by atoms with Gasteiger partial charge in [-0.15, -0.1) is 0 Å². The summed E-state index contributed by atoms with van der Waals surface area (Å²) in [6.07, 6.45) is -1.07. The molecular weight excluding hydrogens is 340 g/mol. The molecule has 0 atom stereocenters. The number of methoxy groups -OCH3 is 2. The maximum Gasteiger partial charge on any atom is 0.511 e. The monoisotopic (exact) mass is 356 g/mol. The van der Waals surface area contributed by atoms with Gasteiger partial charge in [-0.3, -0.25) is 4.79 Å². The number of rotatable bonds is 5. The minimum Gasteiger partial charge on any atom is -0.493 e. The van der Waals surface area contributed by atoms with Gasteiger partial charge in [0.25, 0.3) is 5.56 Å². The number of hydrogen-bond acceptors (Lipinski definition) is 6. The first kappa shape index (κ1) is 17.3. The second-order valence-electron chi connectivity index (χ2n) is 5.43. The van der Waals surface area contributed by atoms with Gasteiger partial charge in [-0.05, 0) is 29.8 Å². The summed E-state index contributed by atoms with van der Waals surface area (Å²) in [4.78, 5) is 30.0. The molecule has 0 amide bonds. The van der Waals surface area contributed by atoms with Crippen molar-refractivity contribution < 1.29 is 24.1 Å². The average Bonchev–Trinajstić information content (AvgIpc) is 2.60. The zero-order valence-electron chi connectivity index (χ0n) is 14.1. The lowest BCUT2D eigenvalue weighted by atomic mass is 10.1. The standard InChI is InChI=1S/C18H16N2O6/c1-24-14-6-3-10(7-15(14)25-2)8-16-19-13-9-11(26-18(22)23)4-5-12(13)17(21)20-16/h3-7,9H,8H2,1-2H3,(H,22,23)(H,19,20,21). The molecule has 2 N–H and O–H groups in total.